The standard InChI is InChI=1S/C21H29N3O3/c1-4-24-11-8-22-20(24)15-23-9-6-21(7-10-23)17-14-19(26-3)18(25-2)13-16(17)5-12-27-21/h8,11,13-14H,4-7,9-10,12,15H2,1-3H3. The van der Waals surface area contributed by atoms with Gasteiger partial charge in [0, 0.05) is 32.0 Å². The number of piperidine rings is 1. The summed E-state index contributed by atoms with van der Waals surface area (Å²) in [5.74, 6) is 2.73. The lowest BCUT2D eigenvalue weighted by atomic mass is 9.79. The number of benzene rings is 1. The summed E-state index contributed by atoms with van der Waals surface area (Å²) >= 11 is 0. The first kappa shape index (κ1) is 18.3. The summed E-state index contributed by atoms with van der Waals surface area (Å²) < 4.78 is 19.7. The maximum absolute atomic E-state index is 6.39. The van der Waals surface area contributed by atoms with Crippen LogP contribution in [0.15, 0.2) is 24.5 Å². The van der Waals surface area contributed by atoms with E-state index in [1.54, 1.807) is 14.2 Å². The highest BCUT2D eigenvalue weighted by Crippen LogP contribution is 2.45. The molecule has 0 radical (unpaired) electrons. The van der Waals surface area contributed by atoms with E-state index in [4.69, 9.17) is 14.2 Å². The quantitative estimate of drug-likeness (QED) is 0.809. The van der Waals surface area contributed by atoms with Crippen molar-refractivity contribution in [2.45, 2.75) is 44.9 Å². The zero-order chi connectivity index (χ0) is 18.9. The van der Waals surface area contributed by atoms with Crippen molar-refractivity contribution < 1.29 is 14.2 Å². The summed E-state index contributed by atoms with van der Waals surface area (Å²) in [6.07, 6.45) is 6.85. The third-order valence-corrected chi connectivity index (χ3v) is 6.02. The Balaban J connectivity index is 1.53. The summed E-state index contributed by atoms with van der Waals surface area (Å²) in [6, 6.07) is 4.26. The molecule has 27 heavy (non-hydrogen) atoms. The second-order valence-electron chi connectivity index (χ2n) is 7.36. The molecular formula is C21H29N3O3. The molecule has 0 aliphatic carbocycles. The highest BCUT2D eigenvalue weighted by Gasteiger charge is 2.41. The molecular weight excluding hydrogens is 342 g/mol. The molecule has 3 heterocycles. The Morgan fingerprint density at radius 2 is 1.89 bits per heavy atom. The maximum atomic E-state index is 6.39. The van der Waals surface area contributed by atoms with Gasteiger partial charge in [-0.1, -0.05) is 0 Å². The predicted octanol–water partition coefficient (Wildman–Crippen LogP) is 2.98. The third kappa shape index (κ3) is 3.32. The molecule has 146 valence electrons. The molecule has 0 atom stereocenters. The van der Waals surface area contributed by atoms with Crippen LogP contribution in [0.2, 0.25) is 0 Å². The fraction of sp³-hybridized carbons (Fsp3) is 0.571. The normalized spacial score (nSPS) is 19.1. The van der Waals surface area contributed by atoms with Gasteiger partial charge >= 0.3 is 0 Å². The molecule has 4 rings (SSSR count). The van der Waals surface area contributed by atoms with Crippen molar-refractivity contribution in [2.24, 2.45) is 0 Å². The average Bonchev–Trinajstić information content (AvgIpc) is 3.16. The third-order valence-electron chi connectivity index (χ3n) is 6.02. The molecule has 0 unspecified atom stereocenters. The molecule has 1 fully saturated rings. The monoisotopic (exact) mass is 371 g/mol. The van der Waals surface area contributed by atoms with Crippen LogP contribution < -0.4 is 9.47 Å². The molecule has 6 nitrogen and oxygen atoms in total. The SMILES string of the molecule is CCn1ccnc1CN1CCC2(CC1)OCCc1cc(OC)c(OC)cc12. The zero-order valence-electron chi connectivity index (χ0n) is 16.5. The van der Waals surface area contributed by atoms with E-state index in [1.807, 2.05) is 6.20 Å². The van der Waals surface area contributed by atoms with Crippen LogP contribution in [0.3, 0.4) is 0 Å². The number of imidazole rings is 1. The van der Waals surface area contributed by atoms with Crippen LogP contribution in [0, 0.1) is 0 Å². The second-order valence-corrected chi connectivity index (χ2v) is 7.36. The van der Waals surface area contributed by atoms with E-state index < -0.39 is 0 Å². The van der Waals surface area contributed by atoms with Gasteiger partial charge in [0.15, 0.2) is 11.5 Å². The Hall–Kier alpha value is -2.05. The van der Waals surface area contributed by atoms with Crippen molar-refractivity contribution in [2.75, 3.05) is 33.9 Å². The summed E-state index contributed by atoms with van der Waals surface area (Å²) in [7, 11) is 3.39. The topological polar surface area (TPSA) is 48.8 Å². The lowest BCUT2D eigenvalue weighted by molar-refractivity contribution is -0.0993. The Kier molecular flexibility index (Phi) is 5.10. The Labute approximate surface area is 161 Å². The smallest absolute Gasteiger partial charge is 0.161 e. The van der Waals surface area contributed by atoms with E-state index in [1.165, 1.54) is 11.1 Å². The highest BCUT2D eigenvalue weighted by molar-refractivity contribution is 5.50. The van der Waals surface area contributed by atoms with Crippen molar-refractivity contribution in [3.63, 3.8) is 0 Å². The maximum Gasteiger partial charge on any atom is 0.161 e. The minimum atomic E-state index is -0.205. The minimum absolute atomic E-state index is 0.205. The van der Waals surface area contributed by atoms with E-state index in [2.05, 4.69) is 39.7 Å². The molecule has 1 spiro atoms. The number of aryl methyl sites for hydroxylation is 1. The Morgan fingerprint density at radius 3 is 2.59 bits per heavy atom. The first-order valence-electron chi connectivity index (χ1n) is 9.81. The van der Waals surface area contributed by atoms with Gasteiger partial charge in [0.1, 0.15) is 5.82 Å². The molecule has 2 aromatic rings. The zero-order valence-corrected chi connectivity index (χ0v) is 16.5. The number of ether oxygens (including phenoxy) is 3. The van der Waals surface area contributed by atoms with Crippen LogP contribution in [0.4, 0.5) is 0 Å². The highest BCUT2D eigenvalue weighted by atomic mass is 16.5. The summed E-state index contributed by atoms with van der Waals surface area (Å²) in [6.45, 7) is 6.79. The van der Waals surface area contributed by atoms with Crippen molar-refractivity contribution >= 4 is 0 Å². The number of likely N-dealkylation sites (tertiary alicyclic amines) is 1. The van der Waals surface area contributed by atoms with Gasteiger partial charge in [0.2, 0.25) is 0 Å². The molecule has 2 aliphatic heterocycles. The number of aromatic nitrogens is 2. The van der Waals surface area contributed by atoms with E-state index in [0.717, 1.165) is 69.4 Å². The summed E-state index contributed by atoms with van der Waals surface area (Å²) in [4.78, 5) is 7.01. The van der Waals surface area contributed by atoms with E-state index in [-0.39, 0.29) is 5.60 Å². The van der Waals surface area contributed by atoms with Crippen molar-refractivity contribution in [3.05, 3.63) is 41.5 Å². The molecule has 0 amide bonds. The summed E-state index contributed by atoms with van der Waals surface area (Å²) in [5.41, 5.74) is 2.40. The van der Waals surface area contributed by atoms with Crippen molar-refractivity contribution in [3.8, 4) is 11.5 Å². The van der Waals surface area contributed by atoms with Gasteiger partial charge in [-0.15, -0.1) is 0 Å². The molecule has 0 N–H and O–H groups in total. The van der Waals surface area contributed by atoms with E-state index >= 15 is 0 Å². The minimum Gasteiger partial charge on any atom is -0.493 e. The van der Waals surface area contributed by atoms with Crippen LogP contribution >= 0.6 is 0 Å². The largest absolute Gasteiger partial charge is 0.493 e. The fourth-order valence-corrected chi connectivity index (χ4v) is 4.45. The van der Waals surface area contributed by atoms with Crippen LogP contribution in [0.25, 0.3) is 0 Å². The summed E-state index contributed by atoms with van der Waals surface area (Å²) in [5, 5.41) is 0. The number of methoxy groups -OCH3 is 2. The van der Waals surface area contributed by atoms with Crippen LogP contribution in [-0.2, 0) is 29.8 Å². The molecule has 1 saturated heterocycles. The Morgan fingerprint density at radius 1 is 1.15 bits per heavy atom. The van der Waals surface area contributed by atoms with Crippen LogP contribution in [0.1, 0.15) is 36.7 Å². The Bertz CT molecular complexity index is 794. The van der Waals surface area contributed by atoms with Gasteiger partial charge in [-0.3, -0.25) is 4.90 Å². The van der Waals surface area contributed by atoms with Crippen LogP contribution in [0.5, 0.6) is 11.5 Å². The van der Waals surface area contributed by atoms with E-state index in [9.17, 15) is 0 Å². The first-order chi connectivity index (χ1) is 13.2. The van der Waals surface area contributed by atoms with Gasteiger partial charge in [-0.05, 0) is 49.4 Å². The lowest BCUT2D eigenvalue weighted by Gasteiger charge is -2.45. The molecule has 0 bridgehead atoms. The fourth-order valence-electron chi connectivity index (χ4n) is 4.45. The number of hydrogen-bond donors (Lipinski definition) is 0. The van der Waals surface area contributed by atoms with Crippen molar-refractivity contribution in [1.82, 2.24) is 14.5 Å². The first-order valence-corrected chi connectivity index (χ1v) is 9.81. The molecule has 1 aromatic heterocycles. The second kappa shape index (κ2) is 7.52. The lowest BCUT2D eigenvalue weighted by Crippen LogP contribution is -2.46. The molecule has 1 aromatic carbocycles. The number of rotatable bonds is 5. The average molecular weight is 371 g/mol. The number of nitrogens with zero attached hydrogens (tertiary/aromatic N) is 3. The van der Waals surface area contributed by atoms with Crippen molar-refractivity contribution in [1.29, 1.82) is 0 Å². The predicted molar refractivity (Wildman–Crippen MR) is 103 cm³/mol. The van der Waals surface area contributed by atoms with Gasteiger partial charge in [0.25, 0.3) is 0 Å². The van der Waals surface area contributed by atoms with Gasteiger partial charge in [0.05, 0.1) is 33.0 Å². The number of fused-ring (bicyclic) bond motifs is 2. The van der Waals surface area contributed by atoms with Gasteiger partial charge < -0.3 is 18.8 Å². The van der Waals surface area contributed by atoms with Gasteiger partial charge in [-0.25, -0.2) is 4.98 Å². The van der Waals surface area contributed by atoms with Crippen LogP contribution in [-0.4, -0.2) is 48.4 Å². The van der Waals surface area contributed by atoms with Gasteiger partial charge in [-0.2, -0.15) is 0 Å². The van der Waals surface area contributed by atoms with E-state index in [0.29, 0.717) is 0 Å². The molecule has 0 saturated carbocycles. The molecule has 6 heteroatoms. The number of hydrogen-bond acceptors (Lipinski definition) is 5. The molecule has 2 aliphatic rings.